The lowest BCUT2D eigenvalue weighted by atomic mass is 10.2. The molecular weight excluding hydrogens is 222 g/mol. The lowest BCUT2D eigenvalue weighted by Crippen LogP contribution is -2.41. The first-order valence-electron chi connectivity index (χ1n) is 5.29. The molecule has 0 radical (unpaired) electrons. The number of hydrogen-bond acceptors (Lipinski definition) is 3. The molecule has 0 spiro atoms. The number of ether oxygens (including phenoxy) is 1. The topological polar surface area (TPSA) is 75.6 Å². The number of carboxylic acid groups (broad SMARTS) is 1. The average Bonchev–Trinajstić information content (AvgIpc) is 2.14. The van der Waals surface area contributed by atoms with Gasteiger partial charge in [0.05, 0.1) is 0 Å². The number of aliphatic carboxylic acids is 1. The van der Waals surface area contributed by atoms with E-state index in [4.69, 9.17) is 16.3 Å². The van der Waals surface area contributed by atoms with Crippen molar-refractivity contribution in [3.8, 4) is 12.3 Å². The summed E-state index contributed by atoms with van der Waals surface area (Å²) in [7, 11) is 0. The second-order valence-electron chi connectivity index (χ2n) is 4.26. The molecule has 98 valence electrons. The largest absolute Gasteiger partial charge is 0.480 e. The summed E-state index contributed by atoms with van der Waals surface area (Å²) in [6, 6.07) is -0.935. The van der Waals surface area contributed by atoms with Crippen molar-refractivity contribution in [1.29, 1.82) is 0 Å². The van der Waals surface area contributed by atoms with Gasteiger partial charge in [-0.2, -0.15) is 0 Å². The molecule has 17 heavy (non-hydrogen) atoms. The van der Waals surface area contributed by atoms with E-state index < -0.39 is 23.7 Å². The fourth-order valence-corrected chi connectivity index (χ4v) is 0.546. The molecule has 0 saturated carbocycles. The van der Waals surface area contributed by atoms with Crippen LogP contribution < -0.4 is 5.32 Å². The highest BCUT2D eigenvalue weighted by Crippen LogP contribution is 2.06. The molecule has 0 aromatic heterocycles. The zero-order valence-electron chi connectivity index (χ0n) is 11.0. The van der Waals surface area contributed by atoms with Crippen LogP contribution in [0.5, 0.6) is 0 Å². The molecule has 1 amide bonds. The van der Waals surface area contributed by atoms with Gasteiger partial charge in [-0.15, -0.1) is 12.3 Å². The summed E-state index contributed by atoms with van der Waals surface area (Å²) in [5.74, 6) is 1.34. The lowest BCUT2D eigenvalue weighted by Gasteiger charge is -2.20. The number of nitrogens with one attached hydrogen (secondary N) is 1. The Balaban J connectivity index is 0. The van der Waals surface area contributed by atoms with Crippen LogP contribution >= 0.6 is 0 Å². The zero-order valence-corrected chi connectivity index (χ0v) is 11.0. The van der Waals surface area contributed by atoms with Gasteiger partial charge < -0.3 is 15.2 Å². The minimum atomic E-state index is -1.09. The predicted octanol–water partition coefficient (Wildman–Crippen LogP) is 2.01. The Bertz CT molecular complexity index is 286. The molecule has 2 N–H and O–H groups in total. The summed E-state index contributed by atoms with van der Waals surface area (Å²) in [6.45, 7) is 8.43. The van der Waals surface area contributed by atoms with Gasteiger partial charge in [0, 0.05) is 6.42 Å². The van der Waals surface area contributed by atoms with E-state index in [9.17, 15) is 9.59 Å². The molecule has 5 heteroatoms. The molecule has 0 aliphatic rings. The van der Waals surface area contributed by atoms with Crippen LogP contribution in [0.1, 0.15) is 41.0 Å². The number of carbonyl (C=O) groups excluding carboxylic acids is 1. The third kappa shape index (κ3) is 14.3. The molecule has 0 aromatic carbocycles. The van der Waals surface area contributed by atoms with Crippen LogP contribution in [0.2, 0.25) is 0 Å². The van der Waals surface area contributed by atoms with Gasteiger partial charge in [-0.25, -0.2) is 4.79 Å². The van der Waals surface area contributed by atoms with Gasteiger partial charge in [0.25, 0.3) is 0 Å². The van der Waals surface area contributed by atoms with E-state index in [1.165, 1.54) is 6.92 Å². The highest BCUT2D eigenvalue weighted by molar-refractivity contribution is 5.79. The van der Waals surface area contributed by atoms with Crippen LogP contribution in [-0.4, -0.2) is 28.8 Å². The normalized spacial score (nSPS) is 11.3. The molecule has 0 aliphatic heterocycles. The Labute approximate surface area is 103 Å². The fraction of sp³-hybridized carbons (Fsp3) is 0.667. The van der Waals surface area contributed by atoms with Crippen molar-refractivity contribution in [2.45, 2.75) is 52.7 Å². The van der Waals surface area contributed by atoms with E-state index in [0.29, 0.717) is 0 Å². The predicted molar refractivity (Wildman–Crippen MR) is 65.6 cm³/mol. The number of carboxylic acids is 1. The molecule has 5 nitrogen and oxygen atoms in total. The van der Waals surface area contributed by atoms with Gasteiger partial charge in [-0.1, -0.05) is 6.92 Å². The van der Waals surface area contributed by atoms with Crippen molar-refractivity contribution in [3.05, 3.63) is 0 Å². The highest BCUT2D eigenvalue weighted by Gasteiger charge is 2.20. The third-order valence-corrected chi connectivity index (χ3v) is 1.31. The monoisotopic (exact) mass is 243 g/mol. The van der Waals surface area contributed by atoms with E-state index >= 15 is 0 Å². The zero-order chi connectivity index (χ0) is 14.1. The first kappa shape index (κ1) is 17.7. The molecule has 0 heterocycles. The van der Waals surface area contributed by atoms with E-state index in [0.717, 1.165) is 6.42 Å². The van der Waals surface area contributed by atoms with Crippen LogP contribution in [0.3, 0.4) is 0 Å². The quantitative estimate of drug-likeness (QED) is 0.727. The maximum Gasteiger partial charge on any atom is 0.408 e. The van der Waals surface area contributed by atoms with Crippen molar-refractivity contribution in [2.24, 2.45) is 0 Å². The number of carbonyl (C=O) groups is 2. The third-order valence-electron chi connectivity index (χ3n) is 1.31. The molecular formula is C12H21NO4. The number of terminal acetylenes is 1. The van der Waals surface area contributed by atoms with E-state index in [1.54, 1.807) is 20.8 Å². The molecule has 0 aromatic rings. The number of hydrogen-bond donors (Lipinski definition) is 2. The summed E-state index contributed by atoms with van der Waals surface area (Å²) in [6.07, 6.45) is 4.90. The number of amides is 1. The maximum absolute atomic E-state index is 11.0. The van der Waals surface area contributed by atoms with Crippen molar-refractivity contribution in [3.63, 3.8) is 0 Å². The molecule has 1 unspecified atom stereocenters. The van der Waals surface area contributed by atoms with E-state index in [1.807, 2.05) is 6.92 Å². The van der Waals surface area contributed by atoms with Crippen LogP contribution in [-0.2, 0) is 9.53 Å². The second kappa shape index (κ2) is 8.45. The molecule has 0 rings (SSSR count). The van der Waals surface area contributed by atoms with Crippen LogP contribution in [0.4, 0.5) is 4.79 Å². The van der Waals surface area contributed by atoms with Crippen LogP contribution in [0.15, 0.2) is 0 Å². The molecule has 0 saturated heterocycles. The van der Waals surface area contributed by atoms with E-state index in [-0.39, 0.29) is 0 Å². The van der Waals surface area contributed by atoms with Gasteiger partial charge >= 0.3 is 12.1 Å². The number of rotatable bonds is 2. The molecule has 0 bridgehead atoms. The maximum atomic E-state index is 11.0. The fourth-order valence-electron chi connectivity index (χ4n) is 0.546. The summed E-state index contributed by atoms with van der Waals surface area (Å²) < 4.78 is 4.85. The van der Waals surface area contributed by atoms with Gasteiger partial charge in [0.2, 0.25) is 0 Å². The highest BCUT2D eigenvalue weighted by atomic mass is 16.6. The van der Waals surface area contributed by atoms with Crippen molar-refractivity contribution >= 4 is 12.1 Å². The Morgan fingerprint density at radius 3 is 2.12 bits per heavy atom. The first-order valence-corrected chi connectivity index (χ1v) is 5.29. The summed E-state index contributed by atoms with van der Waals surface area (Å²) in [4.78, 5) is 21.3. The van der Waals surface area contributed by atoms with Crippen molar-refractivity contribution < 1.29 is 19.4 Å². The van der Waals surface area contributed by atoms with Gasteiger partial charge in [0.1, 0.15) is 11.6 Å². The minimum Gasteiger partial charge on any atom is -0.480 e. The first-order chi connectivity index (χ1) is 7.64. The lowest BCUT2D eigenvalue weighted by molar-refractivity contribution is -0.139. The Hall–Kier alpha value is -1.70. The van der Waals surface area contributed by atoms with Crippen molar-refractivity contribution in [1.82, 2.24) is 5.32 Å². The summed E-state index contributed by atoms with van der Waals surface area (Å²) in [5.41, 5.74) is -0.609. The second-order valence-corrected chi connectivity index (χ2v) is 4.26. The number of alkyl carbamates (subject to hydrolysis) is 1. The van der Waals surface area contributed by atoms with Crippen LogP contribution in [0, 0.1) is 12.3 Å². The molecule has 0 aliphatic carbocycles. The average molecular weight is 243 g/mol. The Morgan fingerprint density at radius 1 is 1.47 bits per heavy atom. The Morgan fingerprint density at radius 2 is 1.88 bits per heavy atom. The van der Waals surface area contributed by atoms with Gasteiger partial charge in [-0.3, -0.25) is 4.79 Å². The Kier molecular flexibility index (Phi) is 8.79. The van der Waals surface area contributed by atoms with Gasteiger partial charge in [0.15, 0.2) is 0 Å². The minimum absolute atomic E-state index is 0.609. The van der Waals surface area contributed by atoms with Gasteiger partial charge in [-0.05, 0) is 27.7 Å². The van der Waals surface area contributed by atoms with E-state index in [2.05, 4.69) is 11.2 Å². The summed E-state index contributed by atoms with van der Waals surface area (Å²) >= 11 is 0. The molecule has 1 atom stereocenters. The smallest absolute Gasteiger partial charge is 0.408 e. The molecule has 0 fully saturated rings. The summed E-state index contributed by atoms with van der Waals surface area (Å²) in [5, 5.41) is 10.6. The standard InChI is InChI=1S/C8H15NO4.C4H6/c1-5(6(10)11)9-7(12)13-8(2,3)4;1-3-4-2/h5H,1-4H3,(H,9,12)(H,10,11);1H,4H2,2H3. The SMILES string of the molecule is C#CCC.CC(NC(=O)OC(C)(C)C)C(=O)O. The van der Waals surface area contributed by atoms with Crippen molar-refractivity contribution in [2.75, 3.05) is 0 Å². The van der Waals surface area contributed by atoms with Crippen LogP contribution in [0.25, 0.3) is 0 Å².